The standard InChI is InChI=1S/C12H9F4N3/c13-10-3-1-7(5-9(10)12(14,15)16)19-8-2-4-11(17)18-6-8/h1-6,19H,(H2,17,18). The SMILES string of the molecule is Nc1ccc(Nc2ccc(F)c(C(F)(F)F)c2)cn1. The molecule has 2 aromatic rings. The molecule has 1 heterocycles. The van der Waals surface area contributed by atoms with E-state index in [0.717, 1.165) is 6.07 Å². The van der Waals surface area contributed by atoms with Gasteiger partial charge in [0, 0.05) is 5.69 Å². The van der Waals surface area contributed by atoms with Gasteiger partial charge in [-0.05, 0) is 30.3 Å². The summed E-state index contributed by atoms with van der Waals surface area (Å²) >= 11 is 0. The number of nitrogens with zero attached hydrogens (tertiary/aromatic N) is 1. The van der Waals surface area contributed by atoms with E-state index in [1.165, 1.54) is 18.3 Å². The van der Waals surface area contributed by atoms with E-state index in [9.17, 15) is 17.6 Å². The predicted octanol–water partition coefficient (Wildman–Crippen LogP) is 3.57. The quantitative estimate of drug-likeness (QED) is 0.821. The molecule has 0 atom stereocenters. The summed E-state index contributed by atoms with van der Waals surface area (Å²) in [6.07, 6.45) is -3.37. The molecule has 1 aromatic heterocycles. The van der Waals surface area contributed by atoms with Gasteiger partial charge in [-0.15, -0.1) is 0 Å². The number of nitrogen functional groups attached to an aromatic ring is 1. The molecule has 0 amide bonds. The third kappa shape index (κ3) is 3.12. The van der Waals surface area contributed by atoms with E-state index in [-0.39, 0.29) is 5.69 Å². The van der Waals surface area contributed by atoms with Crippen molar-refractivity contribution in [1.29, 1.82) is 0 Å². The van der Waals surface area contributed by atoms with Gasteiger partial charge in [-0.1, -0.05) is 0 Å². The van der Waals surface area contributed by atoms with Crippen LogP contribution < -0.4 is 11.1 Å². The van der Waals surface area contributed by atoms with Gasteiger partial charge >= 0.3 is 6.18 Å². The minimum Gasteiger partial charge on any atom is -0.384 e. The summed E-state index contributed by atoms with van der Waals surface area (Å²) in [6.45, 7) is 0. The van der Waals surface area contributed by atoms with Crippen molar-refractivity contribution in [2.24, 2.45) is 0 Å². The summed E-state index contributed by atoms with van der Waals surface area (Å²) in [5, 5.41) is 2.69. The van der Waals surface area contributed by atoms with E-state index in [1.54, 1.807) is 6.07 Å². The highest BCUT2D eigenvalue weighted by molar-refractivity contribution is 5.60. The van der Waals surface area contributed by atoms with Crippen molar-refractivity contribution in [1.82, 2.24) is 4.98 Å². The first kappa shape index (κ1) is 13.1. The number of hydrogen-bond donors (Lipinski definition) is 2. The molecular formula is C12H9F4N3. The molecule has 0 unspecified atom stereocenters. The zero-order valence-electron chi connectivity index (χ0n) is 9.50. The molecule has 0 bridgehead atoms. The summed E-state index contributed by atoms with van der Waals surface area (Å²) < 4.78 is 50.7. The molecule has 0 saturated carbocycles. The summed E-state index contributed by atoms with van der Waals surface area (Å²) in [5.74, 6) is -1.02. The highest BCUT2D eigenvalue weighted by Crippen LogP contribution is 2.33. The molecule has 0 spiro atoms. The lowest BCUT2D eigenvalue weighted by atomic mass is 10.1. The number of anilines is 3. The van der Waals surface area contributed by atoms with Crippen LogP contribution >= 0.6 is 0 Å². The van der Waals surface area contributed by atoms with Crippen LogP contribution in [-0.2, 0) is 6.18 Å². The number of hydrogen-bond acceptors (Lipinski definition) is 3. The fourth-order valence-corrected chi connectivity index (χ4v) is 1.47. The van der Waals surface area contributed by atoms with E-state index >= 15 is 0 Å². The molecule has 0 fully saturated rings. The number of rotatable bonds is 2. The normalized spacial score (nSPS) is 11.4. The number of aromatic nitrogens is 1. The number of benzene rings is 1. The zero-order chi connectivity index (χ0) is 14.0. The molecule has 100 valence electrons. The second kappa shape index (κ2) is 4.75. The lowest BCUT2D eigenvalue weighted by Gasteiger charge is -2.11. The zero-order valence-corrected chi connectivity index (χ0v) is 9.50. The fraction of sp³-hybridized carbons (Fsp3) is 0.0833. The molecule has 0 saturated heterocycles. The number of nitrogens with one attached hydrogen (secondary N) is 1. The third-order valence-electron chi connectivity index (χ3n) is 2.35. The van der Waals surface area contributed by atoms with Crippen molar-refractivity contribution >= 4 is 17.2 Å². The van der Waals surface area contributed by atoms with Crippen LogP contribution in [0.15, 0.2) is 36.5 Å². The lowest BCUT2D eigenvalue weighted by Crippen LogP contribution is -2.08. The summed E-state index contributed by atoms with van der Waals surface area (Å²) in [6, 6.07) is 5.72. The van der Waals surface area contributed by atoms with Crippen molar-refractivity contribution in [3.63, 3.8) is 0 Å². The van der Waals surface area contributed by atoms with Crippen LogP contribution in [0.25, 0.3) is 0 Å². The van der Waals surface area contributed by atoms with Crippen molar-refractivity contribution in [3.05, 3.63) is 47.9 Å². The molecule has 0 radical (unpaired) electrons. The first-order valence-corrected chi connectivity index (χ1v) is 5.21. The molecule has 19 heavy (non-hydrogen) atoms. The second-order valence-corrected chi connectivity index (χ2v) is 3.79. The van der Waals surface area contributed by atoms with Gasteiger partial charge in [-0.2, -0.15) is 13.2 Å². The topological polar surface area (TPSA) is 50.9 Å². The van der Waals surface area contributed by atoms with Crippen molar-refractivity contribution in [3.8, 4) is 0 Å². The van der Waals surface area contributed by atoms with E-state index < -0.39 is 17.6 Å². The smallest absolute Gasteiger partial charge is 0.384 e. The van der Waals surface area contributed by atoms with Crippen molar-refractivity contribution < 1.29 is 17.6 Å². The Bertz CT molecular complexity index is 579. The van der Waals surface area contributed by atoms with E-state index in [4.69, 9.17) is 5.73 Å². The van der Waals surface area contributed by atoms with Gasteiger partial charge in [0.05, 0.1) is 17.4 Å². The van der Waals surface area contributed by atoms with Crippen molar-refractivity contribution in [2.75, 3.05) is 11.1 Å². The molecular weight excluding hydrogens is 262 g/mol. The summed E-state index contributed by atoms with van der Waals surface area (Å²) in [7, 11) is 0. The van der Waals surface area contributed by atoms with Crippen LogP contribution in [0.4, 0.5) is 34.8 Å². The van der Waals surface area contributed by atoms with Crippen LogP contribution in [0.3, 0.4) is 0 Å². The Morgan fingerprint density at radius 2 is 1.74 bits per heavy atom. The first-order valence-electron chi connectivity index (χ1n) is 5.21. The number of halogens is 4. The highest BCUT2D eigenvalue weighted by atomic mass is 19.4. The van der Waals surface area contributed by atoms with Gasteiger partial charge in [0.2, 0.25) is 0 Å². The van der Waals surface area contributed by atoms with Gasteiger partial charge in [-0.25, -0.2) is 9.37 Å². The van der Waals surface area contributed by atoms with Crippen LogP contribution in [0, 0.1) is 5.82 Å². The lowest BCUT2D eigenvalue weighted by molar-refractivity contribution is -0.139. The Morgan fingerprint density at radius 3 is 2.32 bits per heavy atom. The molecule has 2 rings (SSSR count). The third-order valence-corrected chi connectivity index (χ3v) is 2.35. The molecule has 0 aliphatic rings. The van der Waals surface area contributed by atoms with Crippen LogP contribution in [0.5, 0.6) is 0 Å². The van der Waals surface area contributed by atoms with Crippen LogP contribution in [0.2, 0.25) is 0 Å². The van der Waals surface area contributed by atoms with Gasteiger partial charge in [0.15, 0.2) is 0 Å². The minimum absolute atomic E-state index is 0.111. The maximum Gasteiger partial charge on any atom is 0.419 e. The Balaban J connectivity index is 2.29. The van der Waals surface area contributed by atoms with Gasteiger partial charge in [0.1, 0.15) is 11.6 Å². The Hall–Kier alpha value is -2.31. The number of nitrogens with two attached hydrogens (primary N) is 1. The van der Waals surface area contributed by atoms with Gasteiger partial charge in [-0.3, -0.25) is 0 Å². The molecule has 0 aliphatic heterocycles. The Morgan fingerprint density at radius 1 is 1.05 bits per heavy atom. The predicted molar refractivity (Wildman–Crippen MR) is 63.3 cm³/mol. The second-order valence-electron chi connectivity index (χ2n) is 3.79. The summed E-state index contributed by atoms with van der Waals surface area (Å²) in [4.78, 5) is 3.78. The monoisotopic (exact) mass is 271 g/mol. The maximum absolute atomic E-state index is 13.1. The van der Waals surface area contributed by atoms with Crippen molar-refractivity contribution in [2.45, 2.75) is 6.18 Å². The van der Waals surface area contributed by atoms with Gasteiger partial charge < -0.3 is 11.1 Å². The first-order chi connectivity index (χ1) is 8.86. The van der Waals surface area contributed by atoms with Crippen LogP contribution in [0.1, 0.15) is 5.56 Å². The molecule has 3 nitrogen and oxygen atoms in total. The van der Waals surface area contributed by atoms with E-state index in [1.807, 2.05) is 0 Å². The number of pyridine rings is 1. The average Bonchev–Trinajstić information content (AvgIpc) is 2.33. The Kier molecular flexibility index (Phi) is 3.28. The van der Waals surface area contributed by atoms with Crippen LogP contribution in [-0.4, -0.2) is 4.98 Å². The molecule has 3 N–H and O–H groups in total. The number of alkyl halides is 3. The molecule has 1 aromatic carbocycles. The Labute approximate surface area is 106 Å². The van der Waals surface area contributed by atoms with E-state index in [2.05, 4.69) is 10.3 Å². The maximum atomic E-state index is 13.1. The highest BCUT2D eigenvalue weighted by Gasteiger charge is 2.34. The fourth-order valence-electron chi connectivity index (χ4n) is 1.47. The average molecular weight is 271 g/mol. The minimum atomic E-state index is -4.73. The van der Waals surface area contributed by atoms with E-state index in [0.29, 0.717) is 17.6 Å². The molecule has 0 aliphatic carbocycles. The largest absolute Gasteiger partial charge is 0.419 e. The summed E-state index contributed by atoms with van der Waals surface area (Å²) in [5.41, 5.74) is 4.63. The molecule has 7 heteroatoms. The van der Waals surface area contributed by atoms with Gasteiger partial charge in [0.25, 0.3) is 0 Å².